The molecule has 3 rings (SSSR count). The number of carbonyl (C=O) groups excluding carboxylic acids is 1. The molecule has 0 aliphatic heterocycles. The highest BCUT2D eigenvalue weighted by atomic mass is 16.5. The van der Waals surface area contributed by atoms with Crippen molar-refractivity contribution >= 4 is 5.78 Å². The zero-order chi connectivity index (χ0) is 20.1. The first-order valence-corrected chi connectivity index (χ1v) is 9.60. The summed E-state index contributed by atoms with van der Waals surface area (Å²) in [4.78, 5) is 13.3. The van der Waals surface area contributed by atoms with Gasteiger partial charge in [-0.3, -0.25) is 4.79 Å². The van der Waals surface area contributed by atoms with E-state index in [9.17, 15) is 4.79 Å². The van der Waals surface area contributed by atoms with Crippen LogP contribution in [0.1, 0.15) is 40.9 Å². The lowest BCUT2D eigenvalue weighted by molar-refractivity contribution is 0.103. The number of carbonyl (C=O) groups is 1. The first-order valence-electron chi connectivity index (χ1n) is 9.60. The van der Waals surface area contributed by atoms with E-state index in [1.807, 2.05) is 54.6 Å². The summed E-state index contributed by atoms with van der Waals surface area (Å²) in [6.45, 7) is 4.27. The number of hydrogen-bond acceptors (Lipinski definition) is 3. The molecule has 3 aromatic carbocycles. The Labute approximate surface area is 166 Å². The minimum atomic E-state index is 0.0303. The molecule has 3 aromatic rings. The molecule has 0 heterocycles. The van der Waals surface area contributed by atoms with Crippen molar-refractivity contribution in [2.24, 2.45) is 0 Å². The van der Waals surface area contributed by atoms with Gasteiger partial charge in [0.1, 0.15) is 0 Å². The first kappa shape index (κ1) is 19.7. The van der Waals surface area contributed by atoms with Crippen LogP contribution in [0.5, 0.6) is 11.5 Å². The van der Waals surface area contributed by atoms with Crippen LogP contribution in [0.4, 0.5) is 0 Å². The van der Waals surface area contributed by atoms with Crippen molar-refractivity contribution in [2.75, 3.05) is 14.2 Å². The van der Waals surface area contributed by atoms with Crippen LogP contribution in [-0.2, 0) is 12.8 Å². The average Bonchev–Trinajstić information content (AvgIpc) is 2.77. The normalized spacial score (nSPS) is 10.6. The number of rotatable bonds is 7. The fraction of sp³-hybridized carbons (Fsp3) is 0.240. The van der Waals surface area contributed by atoms with E-state index < -0.39 is 0 Å². The molecular formula is C25H26O3. The summed E-state index contributed by atoms with van der Waals surface area (Å²) < 4.78 is 10.8. The van der Waals surface area contributed by atoms with Crippen molar-refractivity contribution in [3.05, 3.63) is 82.9 Å². The lowest BCUT2D eigenvalue weighted by Gasteiger charge is -2.13. The maximum absolute atomic E-state index is 13.3. The van der Waals surface area contributed by atoms with Gasteiger partial charge in [-0.25, -0.2) is 0 Å². The molecule has 0 saturated carbocycles. The first-order chi connectivity index (χ1) is 13.6. The van der Waals surface area contributed by atoms with Crippen LogP contribution in [0.25, 0.3) is 11.1 Å². The summed E-state index contributed by atoms with van der Waals surface area (Å²) in [5.41, 5.74) is 5.74. The van der Waals surface area contributed by atoms with E-state index in [4.69, 9.17) is 9.47 Å². The predicted octanol–water partition coefficient (Wildman–Crippen LogP) is 5.73. The van der Waals surface area contributed by atoms with Crippen molar-refractivity contribution in [3.8, 4) is 22.6 Å². The van der Waals surface area contributed by atoms with Crippen LogP contribution in [-0.4, -0.2) is 20.0 Å². The van der Waals surface area contributed by atoms with E-state index in [1.54, 1.807) is 14.2 Å². The summed E-state index contributed by atoms with van der Waals surface area (Å²) in [6.07, 6.45) is 1.89. The second-order valence-corrected chi connectivity index (χ2v) is 6.64. The zero-order valence-corrected chi connectivity index (χ0v) is 16.9. The number of ether oxygens (including phenoxy) is 2. The molecule has 0 aliphatic carbocycles. The number of methoxy groups -OCH3 is 2. The predicted molar refractivity (Wildman–Crippen MR) is 114 cm³/mol. The highest BCUT2D eigenvalue weighted by Crippen LogP contribution is 2.34. The molecule has 28 heavy (non-hydrogen) atoms. The topological polar surface area (TPSA) is 35.5 Å². The number of benzene rings is 3. The lowest BCUT2D eigenvalue weighted by Crippen LogP contribution is -2.05. The molecule has 0 aromatic heterocycles. The fourth-order valence-corrected chi connectivity index (χ4v) is 3.53. The van der Waals surface area contributed by atoms with Crippen molar-refractivity contribution in [3.63, 3.8) is 0 Å². The SMILES string of the molecule is CCc1ccc(C(=O)c2ccccc2-c2ccc(OC)c(OC)c2)cc1CC. The largest absolute Gasteiger partial charge is 0.493 e. The summed E-state index contributed by atoms with van der Waals surface area (Å²) in [5.74, 6) is 1.34. The van der Waals surface area contributed by atoms with E-state index in [2.05, 4.69) is 19.9 Å². The molecule has 0 atom stereocenters. The monoisotopic (exact) mass is 374 g/mol. The molecule has 3 heteroatoms. The van der Waals surface area contributed by atoms with E-state index in [1.165, 1.54) is 11.1 Å². The fourth-order valence-electron chi connectivity index (χ4n) is 3.53. The van der Waals surface area contributed by atoms with Gasteiger partial charge in [0.05, 0.1) is 14.2 Å². The van der Waals surface area contributed by atoms with Gasteiger partial charge < -0.3 is 9.47 Å². The molecule has 0 bridgehead atoms. The molecule has 0 saturated heterocycles. The van der Waals surface area contributed by atoms with Crippen LogP contribution in [0.15, 0.2) is 60.7 Å². The quantitative estimate of drug-likeness (QED) is 0.496. The Morgan fingerprint density at radius 3 is 2.18 bits per heavy atom. The van der Waals surface area contributed by atoms with Crippen molar-refractivity contribution in [2.45, 2.75) is 26.7 Å². The van der Waals surface area contributed by atoms with Crippen LogP contribution in [0.2, 0.25) is 0 Å². The smallest absolute Gasteiger partial charge is 0.193 e. The van der Waals surface area contributed by atoms with E-state index in [0.29, 0.717) is 17.1 Å². The van der Waals surface area contributed by atoms with Gasteiger partial charge >= 0.3 is 0 Å². The van der Waals surface area contributed by atoms with Gasteiger partial charge in [0.15, 0.2) is 17.3 Å². The van der Waals surface area contributed by atoms with E-state index in [-0.39, 0.29) is 5.78 Å². The third-order valence-corrected chi connectivity index (χ3v) is 5.10. The van der Waals surface area contributed by atoms with Gasteiger partial charge in [0.2, 0.25) is 0 Å². The standard InChI is InChI=1S/C25H26O3/c1-5-17-11-12-20(15-18(17)6-2)25(26)22-10-8-7-9-21(22)19-13-14-23(27-3)24(16-19)28-4/h7-16H,5-6H2,1-4H3. The lowest BCUT2D eigenvalue weighted by atomic mass is 9.91. The molecule has 0 amide bonds. The van der Waals surface area contributed by atoms with Gasteiger partial charge in [-0.05, 0) is 53.3 Å². The van der Waals surface area contributed by atoms with Gasteiger partial charge in [-0.1, -0.05) is 56.3 Å². The van der Waals surface area contributed by atoms with Crippen molar-refractivity contribution in [1.29, 1.82) is 0 Å². The molecule has 0 aliphatic rings. The molecule has 144 valence electrons. The van der Waals surface area contributed by atoms with E-state index in [0.717, 1.165) is 29.5 Å². The van der Waals surface area contributed by atoms with Gasteiger partial charge in [0.25, 0.3) is 0 Å². The highest BCUT2D eigenvalue weighted by Gasteiger charge is 2.17. The van der Waals surface area contributed by atoms with Crippen molar-refractivity contribution in [1.82, 2.24) is 0 Å². The van der Waals surface area contributed by atoms with Crippen LogP contribution >= 0.6 is 0 Å². The van der Waals surface area contributed by atoms with Gasteiger partial charge in [0, 0.05) is 11.1 Å². The second-order valence-electron chi connectivity index (χ2n) is 6.64. The Hall–Kier alpha value is -3.07. The maximum atomic E-state index is 13.3. The summed E-state index contributed by atoms with van der Waals surface area (Å²) >= 11 is 0. The summed E-state index contributed by atoms with van der Waals surface area (Å²) in [7, 11) is 3.22. The number of hydrogen-bond donors (Lipinski definition) is 0. The zero-order valence-electron chi connectivity index (χ0n) is 16.9. The summed E-state index contributed by atoms with van der Waals surface area (Å²) in [6, 6.07) is 19.5. The van der Waals surface area contributed by atoms with Crippen LogP contribution < -0.4 is 9.47 Å². The Morgan fingerprint density at radius 1 is 0.786 bits per heavy atom. The molecule has 3 nitrogen and oxygen atoms in total. The average molecular weight is 374 g/mol. The molecule has 0 N–H and O–H groups in total. The van der Waals surface area contributed by atoms with E-state index >= 15 is 0 Å². The minimum Gasteiger partial charge on any atom is -0.493 e. The number of ketones is 1. The minimum absolute atomic E-state index is 0.0303. The van der Waals surface area contributed by atoms with Gasteiger partial charge in [-0.2, -0.15) is 0 Å². The number of aryl methyl sites for hydroxylation is 2. The molecular weight excluding hydrogens is 348 g/mol. The van der Waals surface area contributed by atoms with Crippen molar-refractivity contribution < 1.29 is 14.3 Å². The third kappa shape index (κ3) is 3.79. The third-order valence-electron chi connectivity index (χ3n) is 5.10. The Balaban J connectivity index is 2.07. The Bertz CT molecular complexity index is 989. The van der Waals surface area contributed by atoms with Gasteiger partial charge in [-0.15, -0.1) is 0 Å². The summed E-state index contributed by atoms with van der Waals surface area (Å²) in [5, 5.41) is 0. The van der Waals surface area contributed by atoms with Crippen LogP contribution in [0.3, 0.4) is 0 Å². The molecule has 0 fully saturated rings. The Morgan fingerprint density at radius 2 is 1.50 bits per heavy atom. The molecule has 0 radical (unpaired) electrons. The Kier molecular flexibility index (Phi) is 6.15. The second kappa shape index (κ2) is 8.75. The molecule has 0 unspecified atom stereocenters. The van der Waals surface area contributed by atoms with Crippen LogP contribution in [0, 0.1) is 0 Å². The highest BCUT2D eigenvalue weighted by molar-refractivity contribution is 6.13. The molecule has 0 spiro atoms. The maximum Gasteiger partial charge on any atom is 0.193 e.